The summed E-state index contributed by atoms with van der Waals surface area (Å²) in [6.45, 7) is 3.47. The summed E-state index contributed by atoms with van der Waals surface area (Å²) in [5.41, 5.74) is 3.18. The van der Waals surface area contributed by atoms with E-state index in [1.807, 2.05) is 37.3 Å². The number of benzene rings is 1. The van der Waals surface area contributed by atoms with E-state index >= 15 is 0 Å². The van der Waals surface area contributed by atoms with Crippen molar-refractivity contribution in [3.8, 4) is 0 Å². The number of carbonyl (C=O) groups excluding carboxylic acids is 1. The van der Waals surface area contributed by atoms with E-state index < -0.39 is 0 Å². The number of rotatable bonds is 5. The Bertz CT molecular complexity index is 620. The Hall–Kier alpha value is -2.07. The fourth-order valence-corrected chi connectivity index (χ4v) is 2.64. The normalized spacial score (nSPS) is 15.1. The van der Waals surface area contributed by atoms with Crippen LogP contribution in [0.5, 0.6) is 0 Å². The van der Waals surface area contributed by atoms with Gasteiger partial charge in [-0.05, 0) is 55.7 Å². The van der Waals surface area contributed by atoms with Gasteiger partial charge >= 0.3 is 0 Å². The fraction of sp³-hybridized carbons (Fsp3) is 0.353. The van der Waals surface area contributed by atoms with Gasteiger partial charge in [-0.3, -0.25) is 4.79 Å². The third-order valence-electron chi connectivity index (χ3n) is 3.88. The Morgan fingerprint density at radius 2 is 2.33 bits per heavy atom. The number of anilines is 1. The van der Waals surface area contributed by atoms with E-state index in [1.165, 1.54) is 5.56 Å². The average Bonchev–Trinajstić information content (AvgIpc) is 3.05. The second kappa shape index (κ2) is 6.14. The Kier molecular flexibility index (Phi) is 4.06. The van der Waals surface area contributed by atoms with Crippen molar-refractivity contribution in [3.05, 3.63) is 53.5 Å². The van der Waals surface area contributed by atoms with Crippen LogP contribution in [0.3, 0.4) is 0 Å². The molecule has 0 spiro atoms. The molecule has 21 heavy (non-hydrogen) atoms. The van der Waals surface area contributed by atoms with Crippen molar-refractivity contribution in [1.29, 1.82) is 0 Å². The first-order valence-corrected chi connectivity index (χ1v) is 7.41. The summed E-state index contributed by atoms with van der Waals surface area (Å²) < 4.78 is 5.26. The first kappa shape index (κ1) is 13.9. The van der Waals surface area contributed by atoms with Crippen LogP contribution in [0.1, 0.15) is 35.0 Å². The van der Waals surface area contributed by atoms with E-state index in [4.69, 9.17) is 4.42 Å². The Labute approximate surface area is 124 Å². The van der Waals surface area contributed by atoms with Crippen LogP contribution in [-0.2, 0) is 13.0 Å². The fourth-order valence-electron chi connectivity index (χ4n) is 2.64. The molecular formula is C17H20N2O2. The van der Waals surface area contributed by atoms with Crippen LogP contribution >= 0.6 is 0 Å². The minimum absolute atomic E-state index is 0.120. The molecule has 0 saturated heterocycles. The molecule has 4 heteroatoms. The largest absolute Gasteiger partial charge is 0.468 e. The van der Waals surface area contributed by atoms with Gasteiger partial charge in [0.15, 0.2) is 5.78 Å². The van der Waals surface area contributed by atoms with E-state index in [0.29, 0.717) is 6.54 Å². The van der Waals surface area contributed by atoms with Gasteiger partial charge in [-0.1, -0.05) is 0 Å². The molecule has 1 unspecified atom stereocenters. The molecule has 0 fully saturated rings. The van der Waals surface area contributed by atoms with Gasteiger partial charge < -0.3 is 15.1 Å². The van der Waals surface area contributed by atoms with Crippen molar-refractivity contribution < 1.29 is 9.21 Å². The highest BCUT2D eigenvalue weighted by atomic mass is 16.3. The van der Waals surface area contributed by atoms with Gasteiger partial charge in [0.25, 0.3) is 0 Å². The smallest absolute Gasteiger partial charge is 0.179 e. The molecule has 1 atom stereocenters. The van der Waals surface area contributed by atoms with Gasteiger partial charge in [0.2, 0.25) is 0 Å². The van der Waals surface area contributed by atoms with E-state index in [2.05, 4.69) is 10.6 Å². The summed E-state index contributed by atoms with van der Waals surface area (Å²) in [4.78, 5) is 12.5. The lowest BCUT2D eigenvalue weighted by Crippen LogP contribution is -2.33. The molecule has 1 aliphatic rings. The lowest BCUT2D eigenvalue weighted by Gasteiger charge is -2.19. The molecule has 1 aromatic heterocycles. The van der Waals surface area contributed by atoms with Crippen LogP contribution in [0.25, 0.3) is 0 Å². The summed E-state index contributed by atoms with van der Waals surface area (Å²) in [7, 11) is 0. The van der Waals surface area contributed by atoms with Crippen molar-refractivity contribution in [2.75, 3.05) is 11.9 Å². The maximum absolute atomic E-state index is 12.5. The molecule has 4 nitrogen and oxygen atoms in total. The van der Waals surface area contributed by atoms with Gasteiger partial charge in [-0.15, -0.1) is 0 Å². The SMILES string of the molecule is CC(NCc1ccco1)C(=O)c1ccc2c(c1)CCCN2. The van der Waals surface area contributed by atoms with Crippen molar-refractivity contribution in [3.63, 3.8) is 0 Å². The minimum atomic E-state index is -0.232. The Morgan fingerprint density at radius 3 is 3.14 bits per heavy atom. The summed E-state index contributed by atoms with van der Waals surface area (Å²) in [6.07, 6.45) is 3.80. The zero-order valence-electron chi connectivity index (χ0n) is 12.2. The number of fused-ring (bicyclic) bond motifs is 1. The summed E-state index contributed by atoms with van der Waals surface area (Å²) in [5.74, 6) is 0.958. The van der Waals surface area contributed by atoms with Gasteiger partial charge in [-0.2, -0.15) is 0 Å². The highest BCUT2D eigenvalue weighted by molar-refractivity contribution is 6.00. The Balaban J connectivity index is 1.66. The summed E-state index contributed by atoms with van der Waals surface area (Å²) >= 11 is 0. The lowest BCUT2D eigenvalue weighted by atomic mass is 9.97. The van der Waals surface area contributed by atoms with Crippen LogP contribution in [-0.4, -0.2) is 18.4 Å². The molecule has 1 aromatic carbocycles. The molecule has 0 radical (unpaired) electrons. The van der Waals surface area contributed by atoms with Gasteiger partial charge in [-0.25, -0.2) is 0 Å². The third-order valence-corrected chi connectivity index (χ3v) is 3.88. The second-order valence-electron chi connectivity index (χ2n) is 5.45. The van der Waals surface area contributed by atoms with Crippen molar-refractivity contribution in [2.45, 2.75) is 32.4 Å². The number of hydrogen-bond acceptors (Lipinski definition) is 4. The number of hydrogen-bond donors (Lipinski definition) is 2. The quantitative estimate of drug-likeness (QED) is 0.829. The minimum Gasteiger partial charge on any atom is -0.468 e. The maximum Gasteiger partial charge on any atom is 0.179 e. The van der Waals surface area contributed by atoms with Crippen LogP contribution in [0, 0.1) is 0 Å². The highest BCUT2D eigenvalue weighted by Crippen LogP contribution is 2.23. The number of aryl methyl sites for hydroxylation is 1. The van der Waals surface area contributed by atoms with Gasteiger partial charge in [0.05, 0.1) is 18.8 Å². The molecular weight excluding hydrogens is 264 g/mol. The monoisotopic (exact) mass is 284 g/mol. The maximum atomic E-state index is 12.5. The van der Waals surface area contributed by atoms with E-state index in [0.717, 1.165) is 36.4 Å². The molecule has 0 bridgehead atoms. The lowest BCUT2D eigenvalue weighted by molar-refractivity contribution is 0.0949. The molecule has 0 amide bonds. The molecule has 3 rings (SSSR count). The first-order valence-electron chi connectivity index (χ1n) is 7.41. The van der Waals surface area contributed by atoms with E-state index in [-0.39, 0.29) is 11.8 Å². The topological polar surface area (TPSA) is 54.3 Å². The van der Waals surface area contributed by atoms with Crippen molar-refractivity contribution in [2.24, 2.45) is 0 Å². The molecule has 2 heterocycles. The highest BCUT2D eigenvalue weighted by Gasteiger charge is 2.17. The molecule has 2 aromatic rings. The number of furan rings is 1. The van der Waals surface area contributed by atoms with Crippen LogP contribution in [0.2, 0.25) is 0 Å². The predicted molar refractivity (Wildman–Crippen MR) is 82.6 cm³/mol. The van der Waals surface area contributed by atoms with Crippen molar-refractivity contribution in [1.82, 2.24) is 5.32 Å². The van der Waals surface area contributed by atoms with Crippen LogP contribution in [0.4, 0.5) is 5.69 Å². The van der Waals surface area contributed by atoms with Crippen LogP contribution < -0.4 is 10.6 Å². The molecule has 1 aliphatic heterocycles. The molecule has 2 N–H and O–H groups in total. The molecule has 0 aliphatic carbocycles. The second-order valence-corrected chi connectivity index (χ2v) is 5.45. The number of nitrogens with one attached hydrogen (secondary N) is 2. The zero-order valence-corrected chi connectivity index (χ0v) is 12.2. The van der Waals surface area contributed by atoms with E-state index in [1.54, 1.807) is 6.26 Å². The number of ketones is 1. The van der Waals surface area contributed by atoms with Gasteiger partial charge in [0.1, 0.15) is 5.76 Å². The summed E-state index contributed by atoms with van der Waals surface area (Å²) in [5, 5.41) is 6.57. The van der Waals surface area contributed by atoms with E-state index in [9.17, 15) is 4.79 Å². The number of Topliss-reactive ketones (excluding diaryl/α,β-unsaturated/α-hetero) is 1. The molecule has 110 valence electrons. The molecule has 0 saturated carbocycles. The first-order chi connectivity index (χ1) is 10.2. The van der Waals surface area contributed by atoms with Gasteiger partial charge in [0, 0.05) is 17.8 Å². The Morgan fingerprint density at radius 1 is 1.43 bits per heavy atom. The van der Waals surface area contributed by atoms with Crippen molar-refractivity contribution >= 4 is 11.5 Å². The zero-order chi connectivity index (χ0) is 14.7. The summed E-state index contributed by atoms with van der Waals surface area (Å²) in [6, 6.07) is 9.46. The average molecular weight is 284 g/mol. The van der Waals surface area contributed by atoms with Crippen LogP contribution in [0.15, 0.2) is 41.0 Å². The number of carbonyl (C=O) groups is 1. The standard InChI is InChI=1S/C17H20N2O2/c1-12(19-11-15-5-3-9-21-15)17(20)14-6-7-16-13(10-14)4-2-8-18-16/h3,5-7,9-10,12,18-19H,2,4,8,11H2,1H3. The third kappa shape index (κ3) is 3.16. The predicted octanol–water partition coefficient (Wildman–Crippen LogP) is 3.00.